The Hall–Kier alpha value is -1.20. The minimum atomic E-state index is 0.947. The van der Waals surface area contributed by atoms with Crippen molar-refractivity contribution >= 4 is 11.3 Å². The van der Waals surface area contributed by atoms with E-state index in [0.29, 0.717) is 0 Å². The van der Waals surface area contributed by atoms with Crippen LogP contribution in [0.4, 0.5) is 0 Å². The summed E-state index contributed by atoms with van der Waals surface area (Å²) >= 11 is 1.79. The first kappa shape index (κ1) is 13.2. The number of hydrogen-bond acceptors (Lipinski definition) is 4. The van der Waals surface area contributed by atoms with Crippen molar-refractivity contribution in [2.24, 2.45) is 0 Å². The molecule has 2 aromatic heterocycles. The number of hydrogen-bond donors (Lipinski definition) is 1. The summed E-state index contributed by atoms with van der Waals surface area (Å²) in [5, 5.41) is 4.64. The Morgan fingerprint density at radius 1 is 1.33 bits per heavy atom. The van der Waals surface area contributed by atoms with Crippen LogP contribution in [0.15, 0.2) is 18.7 Å². The normalized spacial score (nSPS) is 11.0. The molecule has 0 unspecified atom stereocenters. The van der Waals surface area contributed by atoms with Gasteiger partial charge in [0.2, 0.25) is 0 Å². The zero-order chi connectivity index (χ0) is 12.8. The van der Waals surface area contributed by atoms with Crippen LogP contribution in [0, 0.1) is 13.8 Å². The predicted molar refractivity (Wildman–Crippen MR) is 74.8 cm³/mol. The van der Waals surface area contributed by atoms with E-state index in [0.717, 1.165) is 24.6 Å². The van der Waals surface area contributed by atoms with Gasteiger partial charge in [-0.05, 0) is 33.2 Å². The maximum absolute atomic E-state index is 4.43. The SMILES string of the molecule is Cc1nc(C)c(CNCCCCn2ccnc2)s1. The largest absolute Gasteiger partial charge is 0.337 e. The second kappa shape index (κ2) is 6.66. The average Bonchev–Trinajstić information content (AvgIpc) is 2.94. The molecule has 0 aliphatic heterocycles. The van der Waals surface area contributed by atoms with Crippen molar-refractivity contribution in [2.75, 3.05) is 6.54 Å². The molecule has 18 heavy (non-hydrogen) atoms. The number of rotatable bonds is 7. The Bertz CT molecular complexity index is 461. The van der Waals surface area contributed by atoms with Crippen LogP contribution in [0.5, 0.6) is 0 Å². The lowest BCUT2D eigenvalue weighted by atomic mass is 10.3. The van der Waals surface area contributed by atoms with Crippen molar-refractivity contribution in [3.05, 3.63) is 34.3 Å². The van der Waals surface area contributed by atoms with Crippen LogP contribution < -0.4 is 5.32 Å². The van der Waals surface area contributed by atoms with Crippen LogP contribution in [0.2, 0.25) is 0 Å². The zero-order valence-corrected chi connectivity index (χ0v) is 11.8. The van der Waals surface area contributed by atoms with E-state index in [4.69, 9.17) is 0 Å². The zero-order valence-electron chi connectivity index (χ0n) is 11.0. The molecule has 0 atom stereocenters. The highest BCUT2D eigenvalue weighted by Gasteiger charge is 2.03. The lowest BCUT2D eigenvalue weighted by molar-refractivity contribution is 0.569. The molecule has 0 aliphatic carbocycles. The first-order valence-corrected chi connectivity index (χ1v) is 7.16. The van der Waals surface area contributed by atoms with Crippen LogP contribution in [0.1, 0.15) is 28.4 Å². The molecule has 2 rings (SSSR count). The highest BCUT2D eigenvalue weighted by Crippen LogP contribution is 2.16. The van der Waals surface area contributed by atoms with Crippen molar-refractivity contribution in [3.63, 3.8) is 0 Å². The predicted octanol–water partition coefficient (Wildman–Crippen LogP) is 2.53. The average molecular weight is 264 g/mol. The highest BCUT2D eigenvalue weighted by atomic mass is 32.1. The molecule has 5 heteroatoms. The van der Waals surface area contributed by atoms with Gasteiger partial charge in [0, 0.05) is 30.4 Å². The Morgan fingerprint density at radius 2 is 2.22 bits per heavy atom. The third-order valence-corrected chi connectivity index (χ3v) is 3.94. The molecule has 0 saturated heterocycles. The monoisotopic (exact) mass is 264 g/mol. The van der Waals surface area contributed by atoms with E-state index >= 15 is 0 Å². The van der Waals surface area contributed by atoms with Gasteiger partial charge in [0.05, 0.1) is 17.0 Å². The molecule has 2 aromatic rings. The number of thiazole rings is 1. The van der Waals surface area contributed by atoms with Crippen LogP contribution in [-0.4, -0.2) is 21.1 Å². The maximum atomic E-state index is 4.43. The lowest BCUT2D eigenvalue weighted by Gasteiger charge is -2.04. The number of nitrogens with zero attached hydrogens (tertiary/aromatic N) is 3. The van der Waals surface area contributed by atoms with Crippen molar-refractivity contribution in [2.45, 2.75) is 39.8 Å². The Balaban J connectivity index is 1.57. The quantitative estimate of drug-likeness (QED) is 0.781. The molecule has 0 aromatic carbocycles. The van der Waals surface area contributed by atoms with Crippen LogP contribution in [0.25, 0.3) is 0 Å². The van der Waals surface area contributed by atoms with Crippen LogP contribution in [-0.2, 0) is 13.1 Å². The fourth-order valence-corrected chi connectivity index (χ4v) is 2.81. The first-order valence-electron chi connectivity index (χ1n) is 6.35. The summed E-state index contributed by atoms with van der Waals surface area (Å²) in [6.07, 6.45) is 8.08. The summed E-state index contributed by atoms with van der Waals surface area (Å²) in [6, 6.07) is 0. The Labute approximate surface area is 112 Å². The standard InChI is InChI=1S/C13H20N4S/c1-11-13(18-12(2)16-11)9-14-5-3-4-7-17-8-6-15-10-17/h6,8,10,14H,3-5,7,9H2,1-2H3. The molecular weight excluding hydrogens is 244 g/mol. The Kier molecular flexibility index (Phi) is 4.90. The van der Waals surface area contributed by atoms with Gasteiger partial charge in [0.15, 0.2) is 0 Å². The third kappa shape index (κ3) is 3.92. The van der Waals surface area contributed by atoms with Crippen LogP contribution >= 0.6 is 11.3 Å². The molecule has 98 valence electrons. The number of nitrogens with one attached hydrogen (secondary N) is 1. The van der Waals surface area contributed by atoms with Gasteiger partial charge in [-0.15, -0.1) is 11.3 Å². The molecule has 0 spiro atoms. The van der Waals surface area contributed by atoms with E-state index in [9.17, 15) is 0 Å². The number of aryl methyl sites for hydroxylation is 3. The van der Waals surface area contributed by atoms with Gasteiger partial charge < -0.3 is 9.88 Å². The molecule has 1 N–H and O–H groups in total. The van der Waals surface area contributed by atoms with Gasteiger partial charge in [0.1, 0.15) is 0 Å². The molecule has 0 fully saturated rings. The molecule has 2 heterocycles. The minimum Gasteiger partial charge on any atom is -0.337 e. The summed E-state index contributed by atoms with van der Waals surface area (Å²) in [6.45, 7) is 7.21. The molecule has 0 amide bonds. The summed E-state index contributed by atoms with van der Waals surface area (Å²) in [7, 11) is 0. The molecule has 0 aliphatic rings. The smallest absolute Gasteiger partial charge is 0.0945 e. The van der Waals surface area contributed by atoms with Gasteiger partial charge >= 0.3 is 0 Å². The van der Waals surface area contributed by atoms with Gasteiger partial charge in [-0.2, -0.15) is 0 Å². The van der Waals surface area contributed by atoms with Crippen molar-refractivity contribution in [1.29, 1.82) is 0 Å². The topological polar surface area (TPSA) is 42.7 Å². The lowest BCUT2D eigenvalue weighted by Crippen LogP contribution is -2.15. The molecule has 4 nitrogen and oxygen atoms in total. The van der Waals surface area contributed by atoms with Crippen LogP contribution in [0.3, 0.4) is 0 Å². The summed E-state index contributed by atoms with van der Waals surface area (Å²) in [4.78, 5) is 9.82. The van der Waals surface area contributed by atoms with Gasteiger partial charge in [-0.25, -0.2) is 9.97 Å². The Morgan fingerprint density at radius 3 is 2.89 bits per heavy atom. The van der Waals surface area contributed by atoms with E-state index in [-0.39, 0.29) is 0 Å². The van der Waals surface area contributed by atoms with Gasteiger partial charge in [-0.1, -0.05) is 0 Å². The van der Waals surface area contributed by atoms with Crippen molar-refractivity contribution < 1.29 is 0 Å². The fraction of sp³-hybridized carbons (Fsp3) is 0.538. The molecule has 0 radical (unpaired) electrons. The molecule has 0 saturated carbocycles. The van der Waals surface area contributed by atoms with Crippen molar-refractivity contribution in [3.8, 4) is 0 Å². The van der Waals surface area contributed by atoms with E-state index in [1.165, 1.54) is 23.4 Å². The third-order valence-electron chi connectivity index (χ3n) is 2.86. The fourth-order valence-electron chi connectivity index (χ4n) is 1.90. The summed E-state index contributed by atoms with van der Waals surface area (Å²) in [5.74, 6) is 0. The molecule has 0 bridgehead atoms. The number of unbranched alkanes of at least 4 members (excludes halogenated alkanes) is 1. The summed E-state index contributed by atoms with van der Waals surface area (Å²) in [5.41, 5.74) is 1.17. The number of aromatic nitrogens is 3. The van der Waals surface area contributed by atoms with E-state index in [2.05, 4.69) is 33.7 Å². The highest BCUT2D eigenvalue weighted by molar-refractivity contribution is 7.11. The second-order valence-electron chi connectivity index (χ2n) is 4.43. The van der Waals surface area contributed by atoms with Gasteiger partial charge in [0.25, 0.3) is 0 Å². The number of imidazole rings is 1. The van der Waals surface area contributed by atoms with E-state index in [1.54, 1.807) is 11.3 Å². The van der Waals surface area contributed by atoms with E-state index in [1.807, 2.05) is 18.7 Å². The maximum Gasteiger partial charge on any atom is 0.0945 e. The first-order chi connectivity index (χ1) is 8.75. The van der Waals surface area contributed by atoms with Crippen molar-refractivity contribution in [1.82, 2.24) is 19.9 Å². The summed E-state index contributed by atoms with van der Waals surface area (Å²) < 4.78 is 2.12. The van der Waals surface area contributed by atoms with E-state index < -0.39 is 0 Å². The molecular formula is C13H20N4S. The minimum absolute atomic E-state index is 0.947. The van der Waals surface area contributed by atoms with Gasteiger partial charge in [-0.3, -0.25) is 0 Å². The second-order valence-corrected chi connectivity index (χ2v) is 5.71.